The van der Waals surface area contributed by atoms with Crippen molar-refractivity contribution in [2.45, 2.75) is 84.5 Å². The third kappa shape index (κ3) is 7.39. The number of hydrogen-bond acceptors (Lipinski definition) is 5. The second-order valence-corrected chi connectivity index (χ2v) is 11.3. The summed E-state index contributed by atoms with van der Waals surface area (Å²) in [6.45, 7) is 11.9. The first-order valence-corrected chi connectivity index (χ1v) is 13.4. The Balaban J connectivity index is 1.71. The summed E-state index contributed by atoms with van der Waals surface area (Å²) >= 11 is 0. The summed E-state index contributed by atoms with van der Waals surface area (Å²) in [4.78, 5) is 27.3. The normalized spacial score (nSPS) is 18.7. The number of unbranched alkanes of at least 4 members (excludes halogenated alkanes) is 1. The number of carbonyl (C=O) groups excluding carboxylic acids is 2. The Morgan fingerprint density at radius 1 is 1.13 bits per heavy atom. The van der Waals surface area contributed by atoms with Gasteiger partial charge >= 0.3 is 12.1 Å². The molecular formula is C32H41NO5. The molecule has 0 aliphatic carbocycles. The molecule has 0 radical (unpaired) electrons. The van der Waals surface area contributed by atoms with Crippen LogP contribution in [0, 0.1) is 17.3 Å². The molecule has 3 rings (SSSR count). The molecule has 6 heteroatoms. The molecule has 0 bridgehead atoms. The molecule has 1 saturated heterocycles. The minimum absolute atomic E-state index is 0.203. The largest absolute Gasteiger partial charge is 0.465 e. The van der Waals surface area contributed by atoms with Crippen LogP contribution >= 0.6 is 0 Å². The van der Waals surface area contributed by atoms with Crippen molar-refractivity contribution in [3.05, 3.63) is 71.3 Å². The van der Waals surface area contributed by atoms with Crippen LogP contribution in [0.1, 0.15) is 90.0 Å². The Morgan fingerprint density at radius 3 is 2.37 bits per heavy atom. The van der Waals surface area contributed by atoms with E-state index in [2.05, 4.69) is 11.8 Å². The number of rotatable bonds is 9. The number of cyclic esters (lactones) is 1. The Bertz CT molecular complexity index is 1150. The van der Waals surface area contributed by atoms with E-state index in [1.165, 1.54) is 0 Å². The molecule has 0 saturated carbocycles. The maximum Gasteiger partial charge on any atom is 0.411 e. The Kier molecular flexibility index (Phi) is 9.27. The monoisotopic (exact) mass is 519 g/mol. The average Bonchev–Trinajstić information content (AvgIpc) is 2.87. The van der Waals surface area contributed by atoms with Gasteiger partial charge in [0.05, 0.1) is 18.2 Å². The van der Waals surface area contributed by atoms with E-state index in [9.17, 15) is 14.7 Å². The number of aliphatic hydroxyl groups is 1. The summed E-state index contributed by atoms with van der Waals surface area (Å²) in [5.41, 5.74) is -0.141. The number of esters is 1. The third-order valence-corrected chi connectivity index (χ3v) is 6.91. The summed E-state index contributed by atoms with van der Waals surface area (Å²) < 4.78 is 11.4. The highest BCUT2D eigenvalue weighted by molar-refractivity contribution is 5.79. The molecule has 0 aromatic heterocycles. The SMILES string of the molecule is CCCCOC(=O)C(C)(C)C#Cc1ccc(C(C)N2CCC(CC(C)(C)O)(c3ccccc3)OC2=O)cc1. The predicted octanol–water partition coefficient (Wildman–Crippen LogP) is 6.37. The molecule has 6 nitrogen and oxygen atoms in total. The first-order chi connectivity index (χ1) is 17.9. The van der Waals surface area contributed by atoms with Crippen LogP contribution in [-0.4, -0.2) is 40.8 Å². The van der Waals surface area contributed by atoms with Gasteiger partial charge in [-0.05, 0) is 64.3 Å². The maximum atomic E-state index is 13.3. The van der Waals surface area contributed by atoms with Gasteiger partial charge in [0.1, 0.15) is 11.0 Å². The van der Waals surface area contributed by atoms with Gasteiger partial charge in [-0.25, -0.2) is 4.79 Å². The smallest absolute Gasteiger partial charge is 0.411 e. The molecule has 1 fully saturated rings. The molecule has 204 valence electrons. The second-order valence-electron chi connectivity index (χ2n) is 11.3. The molecule has 2 atom stereocenters. The zero-order valence-corrected chi connectivity index (χ0v) is 23.5. The van der Waals surface area contributed by atoms with Gasteiger partial charge < -0.3 is 19.5 Å². The summed E-state index contributed by atoms with van der Waals surface area (Å²) in [5.74, 6) is 5.80. The van der Waals surface area contributed by atoms with Crippen molar-refractivity contribution in [1.29, 1.82) is 0 Å². The summed E-state index contributed by atoms with van der Waals surface area (Å²) in [5, 5.41) is 10.6. The minimum Gasteiger partial charge on any atom is -0.465 e. The fourth-order valence-electron chi connectivity index (χ4n) is 4.69. The lowest BCUT2D eigenvalue weighted by molar-refractivity contribution is -0.150. The number of amides is 1. The molecular weight excluding hydrogens is 478 g/mol. The first-order valence-electron chi connectivity index (χ1n) is 13.4. The van der Waals surface area contributed by atoms with Crippen LogP contribution in [0.3, 0.4) is 0 Å². The van der Waals surface area contributed by atoms with E-state index in [0.717, 1.165) is 29.5 Å². The Morgan fingerprint density at radius 2 is 1.79 bits per heavy atom. The molecule has 1 aliphatic rings. The second kappa shape index (κ2) is 12.0. The summed E-state index contributed by atoms with van der Waals surface area (Å²) in [6, 6.07) is 17.2. The zero-order valence-electron chi connectivity index (χ0n) is 23.5. The quantitative estimate of drug-likeness (QED) is 0.237. The van der Waals surface area contributed by atoms with Gasteiger partial charge in [0, 0.05) is 24.9 Å². The molecule has 0 spiro atoms. The molecule has 1 N–H and O–H groups in total. The Hall–Kier alpha value is -3.30. The molecule has 1 aliphatic heterocycles. The van der Waals surface area contributed by atoms with E-state index in [1.807, 2.05) is 68.4 Å². The van der Waals surface area contributed by atoms with E-state index < -0.39 is 22.7 Å². The van der Waals surface area contributed by atoms with E-state index >= 15 is 0 Å². The minimum atomic E-state index is -0.998. The van der Waals surface area contributed by atoms with Crippen molar-refractivity contribution in [2.24, 2.45) is 5.41 Å². The lowest BCUT2D eigenvalue weighted by atomic mass is 9.80. The molecule has 2 aromatic carbocycles. The van der Waals surface area contributed by atoms with Gasteiger partial charge in [0.25, 0.3) is 0 Å². The van der Waals surface area contributed by atoms with Crippen molar-refractivity contribution < 1.29 is 24.2 Å². The number of benzene rings is 2. The van der Waals surface area contributed by atoms with Crippen molar-refractivity contribution in [3.8, 4) is 11.8 Å². The summed E-state index contributed by atoms with van der Waals surface area (Å²) in [6.07, 6.45) is 2.29. The molecule has 1 amide bonds. The average molecular weight is 520 g/mol. The van der Waals surface area contributed by atoms with Gasteiger partial charge in [0.2, 0.25) is 0 Å². The maximum absolute atomic E-state index is 13.3. The predicted molar refractivity (Wildman–Crippen MR) is 148 cm³/mol. The summed E-state index contributed by atoms with van der Waals surface area (Å²) in [7, 11) is 0. The van der Waals surface area contributed by atoms with Crippen LogP contribution in [0.15, 0.2) is 54.6 Å². The highest BCUT2D eigenvalue weighted by atomic mass is 16.6. The molecule has 1 heterocycles. The van der Waals surface area contributed by atoms with Crippen LogP contribution in [0.4, 0.5) is 4.79 Å². The van der Waals surface area contributed by atoms with Crippen molar-refractivity contribution in [1.82, 2.24) is 4.90 Å². The van der Waals surface area contributed by atoms with Gasteiger partial charge in [-0.3, -0.25) is 4.79 Å². The lowest BCUT2D eigenvalue weighted by Gasteiger charge is -2.45. The molecule has 2 unspecified atom stereocenters. The van der Waals surface area contributed by atoms with Crippen molar-refractivity contribution >= 4 is 12.1 Å². The first kappa shape index (κ1) is 29.3. The van der Waals surface area contributed by atoms with Crippen LogP contribution in [0.2, 0.25) is 0 Å². The molecule has 2 aromatic rings. The van der Waals surface area contributed by atoms with E-state index in [0.29, 0.717) is 26.0 Å². The fraction of sp³-hybridized carbons (Fsp3) is 0.500. The molecule has 38 heavy (non-hydrogen) atoms. The van der Waals surface area contributed by atoms with Crippen molar-refractivity contribution in [2.75, 3.05) is 13.2 Å². The number of ether oxygens (including phenoxy) is 2. The van der Waals surface area contributed by atoms with Gasteiger partial charge in [-0.15, -0.1) is 0 Å². The van der Waals surface area contributed by atoms with Gasteiger partial charge in [-0.1, -0.05) is 67.6 Å². The van der Waals surface area contributed by atoms with E-state index in [-0.39, 0.29) is 12.0 Å². The topological polar surface area (TPSA) is 76.1 Å². The number of nitrogens with zero attached hydrogens (tertiary/aromatic N) is 1. The van der Waals surface area contributed by atoms with Gasteiger partial charge in [0.15, 0.2) is 0 Å². The standard InChI is InChI=1S/C32H41NO5/c1-7-8-22-37-28(34)30(3,4)19-18-25-14-16-26(17-15-25)24(2)33-21-20-32(38-29(33)35,23-31(5,6)36)27-12-10-9-11-13-27/h9-17,24,36H,7-8,20-23H2,1-6H3. The fourth-order valence-corrected chi connectivity index (χ4v) is 4.69. The van der Waals surface area contributed by atoms with E-state index in [4.69, 9.17) is 9.47 Å². The van der Waals surface area contributed by atoms with Crippen LogP contribution in [-0.2, 0) is 19.9 Å². The zero-order chi connectivity index (χ0) is 28.0. The highest BCUT2D eigenvalue weighted by Crippen LogP contribution is 2.42. The van der Waals surface area contributed by atoms with Crippen LogP contribution in [0.25, 0.3) is 0 Å². The Labute approximate surface area is 227 Å². The third-order valence-electron chi connectivity index (χ3n) is 6.91. The van der Waals surface area contributed by atoms with Crippen LogP contribution in [0.5, 0.6) is 0 Å². The van der Waals surface area contributed by atoms with Crippen LogP contribution < -0.4 is 0 Å². The lowest BCUT2D eigenvalue weighted by Crippen LogP contribution is -2.51. The number of hydrogen-bond donors (Lipinski definition) is 1. The van der Waals surface area contributed by atoms with E-state index in [1.54, 1.807) is 32.6 Å². The van der Waals surface area contributed by atoms with Gasteiger partial charge in [-0.2, -0.15) is 0 Å². The number of carbonyl (C=O) groups is 2. The highest BCUT2D eigenvalue weighted by Gasteiger charge is 2.46. The van der Waals surface area contributed by atoms with Crippen molar-refractivity contribution in [3.63, 3.8) is 0 Å².